The molecule has 4 rings (SSSR count). The molecule has 1 aliphatic heterocycles. The van der Waals surface area contributed by atoms with Crippen LogP contribution < -0.4 is 0 Å². The standard InChI is InChI=1S/C19H21N3O/c1-13-2-3-14-11-18(23)17(12-20)19(16(14)10-13)22-8-6-21(7-9-22)15-4-5-15/h2-3,10,15H,4-9,11H2,1H3. The molecule has 118 valence electrons. The number of ketones is 1. The third-order valence-corrected chi connectivity index (χ3v) is 5.19. The third kappa shape index (κ3) is 2.55. The fourth-order valence-electron chi connectivity index (χ4n) is 3.79. The van der Waals surface area contributed by atoms with Gasteiger partial charge in [0.15, 0.2) is 5.78 Å². The van der Waals surface area contributed by atoms with E-state index in [-0.39, 0.29) is 5.78 Å². The maximum atomic E-state index is 12.4. The number of benzene rings is 1. The zero-order chi connectivity index (χ0) is 16.0. The van der Waals surface area contributed by atoms with E-state index in [1.165, 1.54) is 18.4 Å². The van der Waals surface area contributed by atoms with Gasteiger partial charge in [-0.15, -0.1) is 0 Å². The van der Waals surface area contributed by atoms with Crippen LogP contribution in [0.15, 0.2) is 23.8 Å². The van der Waals surface area contributed by atoms with Crippen molar-refractivity contribution in [3.8, 4) is 6.07 Å². The molecule has 1 saturated carbocycles. The Kier molecular flexibility index (Phi) is 3.46. The Labute approximate surface area is 137 Å². The fourth-order valence-corrected chi connectivity index (χ4v) is 3.79. The maximum Gasteiger partial charge on any atom is 0.179 e. The normalized spacial score (nSPS) is 22.1. The van der Waals surface area contributed by atoms with Gasteiger partial charge in [-0.1, -0.05) is 17.7 Å². The number of hydrogen-bond donors (Lipinski definition) is 0. The molecule has 0 N–H and O–H groups in total. The minimum atomic E-state index is -0.0384. The average Bonchev–Trinajstić information content (AvgIpc) is 3.39. The zero-order valence-corrected chi connectivity index (χ0v) is 13.5. The molecule has 0 spiro atoms. The van der Waals surface area contributed by atoms with Crippen LogP contribution in [0.25, 0.3) is 5.70 Å². The van der Waals surface area contributed by atoms with Crippen molar-refractivity contribution in [3.63, 3.8) is 0 Å². The number of nitrogens with zero attached hydrogens (tertiary/aromatic N) is 3. The highest BCUT2D eigenvalue weighted by Crippen LogP contribution is 2.35. The second kappa shape index (κ2) is 5.50. The number of carbonyl (C=O) groups excluding carboxylic acids is 1. The van der Waals surface area contributed by atoms with Gasteiger partial charge in [-0.25, -0.2) is 0 Å². The number of rotatable bonds is 2. The summed E-state index contributed by atoms with van der Waals surface area (Å²) in [5, 5.41) is 9.54. The summed E-state index contributed by atoms with van der Waals surface area (Å²) < 4.78 is 0. The number of allylic oxidation sites excluding steroid dienone is 1. The lowest BCUT2D eigenvalue weighted by Gasteiger charge is -2.39. The molecular weight excluding hydrogens is 286 g/mol. The van der Waals surface area contributed by atoms with Gasteiger partial charge in [0.25, 0.3) is 0 Å². The molecule has 1 aromatic carbocycles. The number of aryl methyl sites for hydroxylation is 1. The number of hydrogen-bond acceptors (Lipinski definition) is 4. The lowest BCUT2D eigenvalue weighted by atomic mass is 9.87. The summed E-state index contributed by atoms with van der Waals surface area (Å²) in [6.45, 7) is 5.92. The van der Waals surface area contributed by atoms with Gasteiger partial charge in [0, 0.05) is 44.2 Å². The lowest BCUT2D eigenvalue weighted by molar-refractivity contribution is -0.114. The van der Waals surface area contributed by atoms with E-state index in [0.717, 1.165) is 49.0 Å². The Hall–Kier alpha value is -2.12. The molecule has 2 aliphatic carbocycles. The van der Waals surface area contributed by atoms with E-state index >= 15 is 0 Å². The minimum Gasteiger partial charge on any atom is -0.367 e. The molecule has 4 nitrogen and oxygen atoms in total. The van der Waals surface area contributed by atoms with Gasteiger partial charge in [-0.05, 0) is 31.4 Å². The highest BCUT2D eigenvalue weighted by Gasteiger charge is 2.34. The van der Waals surface area contributed by atoms with Crippen LogP contribution in [0.2, 0.25) is 0 Å². The van der Waals surface area contributed by atoms with E-state index in [1.807, 2.05) is 12.1 Å². The van der Waals surface area contributed by atoms with Crippen molar-refractivity contribution in [1.29, 1.82) is 5.26 Å². The molecule has 23 heavy (non-hydrogen) atoms. The predicted molar refractivity (Wildman–Crippen MR) is 88.6 cm³/mol. The van der Waals surface area contributed by atoms with Gasteiger partial charge in [0.05, 0.1) is 5.70 Å². The van der Waals surface area contributed by atoms with Gasteiger partial charge in [0.1, 0.15) is 11.6 Å². The third-order valence-electron chi connectivity index (χ3n) is 5.19. The van der Waals surface area contributed by atoms with Crippen molar-refractivity contribution >= 4 is 11.5 Å². The molecule has 3 aliphatic rings. The Morgan fingerprint density at radius 1 is 1.17 bits per heavy atom. The zero-order valence-electron chi connectivity index (χ0n) is 13.5. The summed E-state index contributed by atoms with van der Waals surface area (Å²) in [6, 6.07) is 9.18. The second-order valence-corrected chi connectivity index (χ2v) is 6.85. The van der Waals surface area contributed by atoms with E-state index in [2.05, 4.69) is 28.9 Å². The van der Waals surface area contributed by atoms with Crippen LogP contribution >= 0.6 is 0 Å². The Bertz CT molecular complexity index is 731. The molecule has 0 unspecified atom stereocenters. The first-order chi connectivity index (χ1) is 11.2. The summed E-state index contributed by atoms with van der Waals surface area (Å²) in [6.07, 6.45) is 3.00. The van der Waals surface area contributed by atoms with E-state index in [9.17, 15) is 10.1 Å². The Morgan fingerprint density at radius 2 is 1.91 bits per heavy atom. The number of nitriles is 1. The smallest absolute Gasteiger partial charge is 0.179 e. The first-order valence-electron chi connectivity index (χ1n) is 8.44. The molecule has 0 bridgehead atoms. The van der Waals surface area contributed by atoms with Gasteiger partial charge in [-0.2, -0.15) is 5.26 Å². The van der Waals surface area contributed by atoms with Crippen molar-refractivity contribution in [3.05, 3.63) is 40.5 Å². The SMILES string of the molecule is Cc1ccc2c(c1)C(N1CCN(C3CC3)CC1)=C(C#N)C(=O)C2. The molecule has 4 heteroatoms. The molecule has 0 atom stereocenters. The van der Waals surface area contributed by atoms with Crippen molar-refractivity contribution in [2.24, 2.45) is 0 Å². The van der Waals surface area contributed by atoms with Crippen LogP contribution in [0.5, 0.6) is 0 Å². The monoisotopic (exact) mass is 307 g/mol. The number of fused-ring (bicyclic) bond motifs is 1. The average molecular weight is 307 g/mol. The van der Waals surface area contributed by atoms with Crippen molar-refractivity contribution < 1.29 is 4.79 Å². The topological polar surface area (TPSA) is 47.3 Å². The number of carbonyl (C=O) groups is 1. The van der Waals surface area contributed by atoms with Crippen LogP contribution in [0.1, 0.15) is 29.5 Å². The van der Waals surface area contributed by atoms with Crippen LogP contribution in [0, 0.1) is 18.3 Å². The summed E-state index contributed by atoms with van der Waals surface area (Å²) in [4.78, 5) is 17.2. The summed E-state index contributed by atoms with van der Waals surface area (Å²) in [7, 11) is 0. The quantitative estimate of drug-likeness (QED) is 0.840. The van der Waals surface area contributed by atoms with Gasteiger partial charge >= 0.3 is 0 Å². The summed E-state index contributed by atoms with van der Waals surface area (Å²) in [5.74, 6) is -0.0384. The van der Waals surface area contributed by atoms with Gasteiger partial charge in [-0.3, -0.25) is 9.69 Å². The molecule has 1 saturated heterocycles. The molecule has 0 aromatic heterocycles. The van der Waals surface area contributed by atoms with E-state index < -0.39 is 0 Å². The van der Waals surface area contributed by atoms with Crippen LogP contribution in [-0.4, -0.2) is 47.8 Å². The lowest BCUT2D eigenvalue weighted by Crippen LogP contribution is -2.47. The largest absolute Gasteiger partial charge is 0.367 e. The van der Waals surface area contributed by atoms with Gasteiger partial charge < -0.3 is 4.90 Å². The van der Waals surface area contributed by atoms with Crippen LogP contribution in [-0.2, 0) is 11.2 Å². The fraction of sp³-hybridized carbons (Fsp3) is 0.474. The molecule has 0 radical (unpaired) electrons. The summed E-state index contributed by atoms with van der Waals surface area (Å²) in [5.41, 5.74) is 4.53. The molecule has 0 amide bonds. The van der Waals surface area contributed by atoms with Crippen molar-refractivity contribution in [2.75, 3.05) is 26.2 Å². The van der Waals surface area contributed by atoms with Gasteiger partial charge in [0.2, 0.25) is 0 Å². The molecule has 1 heterocycles. The Morgan fingerprint density at radius 3 is 2.57 bits per heavy atom. The highest BCUT2D eigenvalue weighted by molar-refractivity contribution is 6.09. The van der Waals surface area contributed by atoms with Crippen LogP contribution in [0.4, 0.5) is 0 Å². The van der Waals surface area contributed by atoms with Crippen molar-refractivity contribution in [2.45, 2.75) is 32.2 Å². The van der Waals surface area contributed by atoms with E-state index in [4.69, 9.17) is 0 Å². The highest BCUT2D eigenvalue weighted by atomic mass is 16.1. The minimum absolute atomic E-state index is 0.0384. The van der Waals surface area contributed by atoms with Crippen LogP contribution in [0.3, 0.4) is 0 Å². The maximum absolute atomic E-state index is 12.4. The molecular formula is C19H21N3O. The predicted octanol–water partition coefficient (Wildman–Crippen LogP) is 2.13. The summed E-state index contributed by atoms with van der Waals surface area (Å²) >= 11 is 0. The Balaban J connectivity index is 1.70. The molecule has 2 fully saturated rings. The van der Waals surface area contributed by atoms with E-state index in [0.29, 0.717) is 12.0 Å². The number of Topliss-reactive ketones (excluding diaryl/α,β-unsaturated/α-hetero) is 1. The van der Waals surface area contributed by atoms with Crippen molar-refractivity contribution in [1.82, 2.24) is 9.80 Å². The van der Waals surface area contributed by atoms with E-state index in [1.54, 1.807) is 0 Å². The molecule has 1 aromatic rings. The number of piperazine rings is 1. The first-order valence-corrected chi connectivity index (χ1v) is 8.44. The first kappa shape index (κ1) is 14.5. The second-order valence-electron chi connectivity index (χ2n) is 6.85.